The largest absolute Gasteiger partial charge is 0.334 e. The summed E-state index contributed by atoms with van der Waals surface area (Å²) in [5, 5.41) is 3.86. The molecule has 0 amide bonds. The zero-order valence-corrected chi connectivity index (χ0v) is 10.7. The van der Waals surface area contributed by atoms with Gasteiger partial charge in [0.2, 0.25) is 0 Å². The third-order valence-corrected chi connectivity index (χ3v) is 2.62. The van der Waals surface area contributed by atoms with E-state index in [9.17, 15) is 0 Å². The number of hydrogen-bond acceptors (Lipinski definition) is 4. The van der Waals surface area contributed by atoms with Gasteiger partial charge in [0.25, 0.3) is 5.89 Å². The van der Waals surface area contributed by atoms with Crippen molar-refractivity contribution >= 4 is 15.9 Å². The molecule has 1 aromatic heterocycles. The lowest BCUT2D eigenvalue weighted by molar-refractivity contribution is 0.397. The molecule has 16 heavy (non-hydrogen) atoms. The minimum Gasteiger partial charge on any atom is -0.334 e. The Hall–Kier alpha value is -1.20. The first kappa shape index (κ1) is 11.3. The molecule has 0 fully saturated rings. The number of nitrogens with two attached hydrogens (primary N) is 1. The molecule has 5 heteroatoms. The molecule has 0 saturated heterocycles. The van der Waals surface area contributed by atoms with Gasteiger partial charge in [0.05, 0.1) is 5.54 Å². The molecule has 0 spiro atoms. The molecule has 0 saturated carbocycles. The lowest BCUT2D eigenvalue weighted by atomic mass is 10.1. The molecule has 84 valence electrons. The maximum Gasteiger partial charge on any atom is 0.257 e. The third-order valence-electron chi connectivity index (χ3n) is 2.09. The molecule has 4 nitrogen and oxygen atoms in total. The summed E-state index contributed by atoms with van der Waals surface area (Å²) in [6, 6.07) is 7.66. The van der Waals surface area contributed by atoms with Crippen molar-refractivity contribution in [2.45, 2.75) is 19.4 Å². The number of halogens is 1. The van der Waals surface area contributed by atoms with Crippen LogP contribution in [-0.4, -0.2) is 10.1 Å². The van der Waals surface area contributed by atoms with Crippen LogP contribution in [0, 0.1) is 0 Å². The maximum absolute atomic E-state index is 5.88. The number of benzene rings is 1. The quantitative estimate of drug-likeness (QED) is 0.919. The van der Waals surface area contributed by atoms with Crippen molar-refractivity contribution in [3.05, 3.63) is 34.6 Å². The second-order valence-electron chi connectivity index (χ2n) is 4.15. The predicted octanol–water partition coefficient (Wildman–Crippen LogP) is 2.69. The maximum atomic E-state index is 5.88. The molecule has 0 aliphatic carbocycles. The standard InChI is InChI=1S/C11H12BrN3O/c1-11(2,13)10-14-9(16-15-10)7-3-5-8(12)6-4-7/h3-6H,13H2,1-2H3. The highest BCUT2D eigenvalue weighted by Gasteiger charge is 2.21. The summed E-state index contributed by atoms with van der Waals surface area (Å²) >= 11 is 3.37. The van der Waals surface area contributed by atoms with Gasteiger partial charge in [0.15, 0.2) is 5.82 Å². The molecule has 0 bridgehead atoms. The van der Waals surface area contributed by atoms with Crippen molar-refractivity contribution in [1.82, 2.24) is 10.1 Å². The molecular formula is C11H12BrN3O. The van der Waals surface area contributed by atoms with Gasteiger partial charge in [0.1, 0.15) is 0 Å². The van der Waals surface area contributed by atoms with Crippen molar-refractivity contribution in [3.63, 3.8) is 0 Å². The van der Waals surface area contributed by atoms with Crippen LogP contribution < -0.4 is 5.73 Å². The Morgan fingerprint density at radius 1 is 1.25 bits per heavy atom. The van der Waals surface area contributed by atoms with Gasteiger partial charge >= 0.3 is 0 Å². The Labute approximate surface area is 102 Å². The van der Waals surface area contributed by atoms with E-state index in [1.807, 2.05) is 38.1 Å². The van der Waals surface area contributed by atoms with Crippen molar-refractivity contribution in [2.24, 2.45) is 5.73 Å². The van der Waals surface area contributed by atoms with Gasteiger partial charge in [-0.3, -0.25) is 0 Å². The van der Waals surface area contributed by atoms with E-state index < -0.39 is 5.54 Å². The molecule has 1 aromatic carbocycles. The fourth-order valence-electron chi connectivity index (χ4n) is 1.19. The smallest absolute Gasteiger partial charge is 0.257 e. The van der Waals surface area contributed by atoms with Crippen molar-refractivity contribution in [1.29, 1.82) is 0 Å². The van der Waals surface area contributed by atoms with Crippen LogP contribution in [0.15, 0.2) is 33.3 Å². The zero-order valence-electron chi connectivity index (χ0n) is 9.07. The second-order valence-corrected chi connectivity index (χ2v) is 5.07. The normalized spacial score (nSPS) is 11.8. The van der Waals surface area contributed by atoms with E-state index in [0.717, 1.165) is 10.0 Å². The van der Waals surface area contributed by atoms with E-state index in [-0.39, 0.29) is 0 Å². The Morgan fingerprint density at radius 2 is 1.88 bits per heavy atom. The Kier molecular flexibility index (Phi) is 2.82. The summed E-state index contributed by atoms with van der Waals surface area (Å²) in [7, 11) is 0. The van der Waals surface area contributed by atoms with Gasteiger partial charge in [-0.1, -0.05) is 21.1 Å². The van der Waals surface area contributed by atoms with Crippen LogP contribution in [0.2, 0.25) is 0 Å². The predicted molar refractivity (Wildman–Crippen MR) is 64.6 cm³/mol. The number of rotatable bonds is 2. The molecule has 2 rings (SSSR count). The van der Waals surface area contributed by atoms with Gasteiger partial charge in [-0.2, -0.15) is 4.98 Å². The van der Waals surface area contributed by atoms with Crippen LogP contribution in [0.1, 0.15) is 19.7 Å². The Morgan fingerprint density at radius 3 is 2.38 bits per heavy atom. The zero-order chi connectivity index (χ0) is 11.8. The summed E-state index contributed by atoms with van der Waals surface area (Å²) < 4.78 is 6.17. The van der Waals surface area contributed by atoms with Crippen LogP contribution in [0.5, 0.6) is 0 Å². The van der Waals surface area contributed by atoms with Gasteiger partial charge in [0, 0.05) is 10.0 Å². The number of aromatic nitrogens is 2. The van der Waals surface area contributed by atoms with Crippen LogP contribution in [-0.2, 0) is 5.54 Å². The molecule has 0 radical (unpaired) electrons. The van der Waals surface area contributed by atoms with Gasteiger partial charge in [-0.25, -0.2) is 0 Å². The van der Waals surface area contributed by atoms with Crippen LogP contribution >= 0.6 is 15.9 Å². The molecule has 1 heterocycles. The fraction of sp³-hybridized carbons (Fsp3) is 0.273. The summed E-state index contributed by atoms with van der Waals surface area (Å²) in [6.07, 6.45) is 0. The highest BCUT2D eigenvalue weighted by Crippen LogP contribution is 2.22. The van der Waals surface area contributed by atoms with Crippen LogP contribution in [0.3, 0.4) is 0 Å². The minimum atomic E-state index is -0.586. The highest BCUT2D eigenvalue weighted by molar-refractivity contribution is 9.10. The highest BCUT2D eigenvalue weighted by atomic mass is 79.9. The summed E-state index contributed by atoms with van der Waals surface area (Å²) in [6.45, 7) is 3.67. The van der Waals surface area contributed by atoms with E-state index in [2.05, 4.69) is 26.1 Å². The van der Waals surface area contributed by atoms with E-state index in [4.69, 9.17) is 10.3 Å². The van der Waals surface area contributed by atoms with E-state index in [1.165, 1.54) is 0 Å². The number of nitrogens with zero attached hydrogens (tertiary/aromatic N) is 2. The first-order chi connectivity index (χ1) is 7.47. The summed E-state index contributed by atoms with van der Waals surface area (Å²) in [5.41, 5.74) is 6.17. The van der Waals surface area contributed by atoms with E-state index >= 15 is 0 Å². The lowest BCUT2D eigenvalue weighted by Crippen LogP contribution is -2.30. The monoisotopic (exact) mass is 281 g/mol. The molecule has 0 unspecified atom stereocenters. The lowest BCUT2D eigenvalue weighted by Gasteiger charge is -2.11. The van der Waals surface area contributed by atoms with Gasteiger partial charge in [-0.05, 0) is 38.1 Å². The number of hydrogen-bond donors (Lipinski definition) is 1. The van der Waals surface area contributed by atoms with Gasteiger partial charge in [-0.15, -0.1) is 0 Å². The third kappa shape index (κ3) is 2.31. The molecule has 2 N–H and O–H groups in total. The van der Waals surface area contributed by atoms with Crippen molar-refractivity contribution in [2.75, 3.05) is 0 Å². The molecule has 2 aromatic rings. The van der Waals surface area contributed by atoms with E-state index in [0.29, 0.717) is 11.7 Å². The van der Waals surface area contributed by atoms with E-state index in [1.54, 1.807) is 0 Å². The average molecular weight is 282 g/mol. The van der Waals surface area contributed by atoms with Gasteiger partial charge < -0.3 is 10.3 Å². The molecule has 0 aliphatic heterocycles. The van der Waals surface area contributed by atoms with Crippen LogP contribution in [0.25, 0.3) is 11.5 Å². The Balaban J connectivity index is 2.35. The second kappa shape index (κ2) is 3.99. The average Bonchev–Trinajstić information content (AvgIpc) is 2.67. The summed E-state index contributed by atoms with van der Waals surface area (Å²) in [5.74, 6) is 0.992. The van der Waals surface area contributed by atoms with Crippen molar-refractivity contribution in [3.8, 4) is 11.5 Å². The first-order valence-corrected chi connectivity index (χ1v) is 5.65. The molecule has 0 aliphatic rings. The first-order valence-electron chi connectivity index (χ1n) is 4.86. The summed E-state index contributed by atoms with van der Waals surface area (Å²) in [4.78, 5) is 4.26. The van der Waals surface area contributed by atoms with Crippen LogP contribution in [0.4, 0.5) is 0 Å². The molecular weight excluding hydrogens is 270 g/mol. The molecule has 0 atom stereocenters. The fourth-order valence-corrected chi connectivity index (χ4v) is 1.46. The van der Waals surface area contributed by atoms with Crippen molar-refractivity contribution < 1.29 is 4.52 Å². The minimum absolute atomic E-state index is 0.487. The Bertz CT molecular complexity index is 485. The topological polar surface area (TPSA) is 64.9 Å². The SMILES string of the molecule is CC(C)(N)c1noc(-c2ccc(Br)cc2)n1.